The topological polar surface area (TPSA) is 23.6 Å². The Kier molecular flexibility index (Phi) is 5.65. The largest absolute Gasteiger partial charge is 0.340 e. The Morgan fingerprint density at radius 1 is 0.875 bits per heavy atom. The second kappa shape index (κ2) is 8.11. The minimum Gasteiger partial charge on any atom is -0.340 e. The van der Waals surface area contributed by atoms with Crippen molar-refractivity contribution in [3.05, 3.63) is 71.3 Å². The average molecular weight is 322 g/mol. The van der Waals surface area contributed by atoms with E-state index in [9.17, 15) is 4.79 Å². The molecule has 1 amide bonds. The van der Waals surface area contributed by atoms with Crippen molar-refractivity contribution in [3.63, 3.8) is 0 Å². The first-order chi connectivity index (χ1) is 11.7. The summed E-state index contributed by atoms with van der Waals surface area (Å²) in [5, 5.41) is 0. The zero-order valence-electron chi connectivity index (χ0n) is 14.4. The lowest BCUT2D eigenvalue weighted by atomic mass is 10.1. The Morgan fingerprint density at radius 2 is 1.54 bits per heavy atom. The Balaban J connectivity index is 1.42. The van der Waals surface area contributed by atoms with Gasteiger partial charge in [0, 0.05) is 32.7 Å². The quantitative estimate of drug-likeness (QED) is 0.845. The summed E-state index contributed by atoms with van der Waals surface area (Å²) < 4.78 is 0. The monoisotopic (exact) mass is 322 g/mol. The summed E-state index contributed by atoms with van der Waals surface area (Å²) in [4.78, 5) is 16.9. The van der Waals surface area contributed by atoms with Gasteiger partial charge in [-0.25, -0.2) is 0 Å². The zero-order valence-corrected chi connectivity index (χ0v) is 14.4. The highest BCUT2D eigenvalue weighted by Crippen LogP contribution is 2.09. The van der Waals surface area contributed by atoms with E-state index in [4.69, 9.17) is 0 Å². The molecule has 1 heterocycles. The molecule has 1 aliphatic heterocycles. The van der Waals surface area contributed by atoms with E-state index in [1.54, 1.807) is 0 Å². The van der Waals surface area contributed by atoms with E-state index in [2.05, 4.69) is 66.4 Å². The van der Waals surface area contributed by atoms with E-state index in [-0.39, 0.29) is 5.91 Å². The molecular formula is C21H26N2O. The fraction of sp³-hybridized carbons (Fsp3) is 0.381. The number of nitrogens with zero attached hydrogens (tertiary/aromatic N) is 2. The molecule has 0 spiro atoms. The van der Waals surface area contributed by atoms with Gasteiger partial charge in [0.05, 0.1) is 6.42 Å². The molecule has 3 heteroatoms. The average Bonchev–Trinajstić information content (AvgIpc) is 2.63. The highest BCUT2D eigenvalue weighted by atomic mass is 16.2. The molecule has 0 aromatic heterocycles. The van der Waals surface area contributed by atoms with Gasteiger partial charge in [0.25, 0.3) is 0 Å². The van der Waals surface area contributed by atoms with Crippen molar-refractivity contribution in [2.75, 3.05) is 32.7 Å². The number of piperazine rings is 1. The van der Waals surface area contributed by atoms with Crippen molar-refractivity contribution in [3.8, 4) is 0 Å². The van der Waals surface area contributed by atoms with Crippen LogP contribution in [-0.4, -0.2) is 48.4 Å². The van der Waals surface area contributed by atoms with Crippen LogP contribution in [0.4, 0.5) is 0 Å². The van der Waals surface area contributed by atoms with Crippen molar-refractivity contribution >= 4 is 5.91 Å². The van der Waals surface area contributed by atoms with Crippen molar-refractivity contribution < 1.29 is 4.79 Å². The molecule has 0 N–H and O–H groups in total. The standard InChI is InChI=1S/C21H26N2O/c1-18-7-9-20(10-8-18)17-21(24)23-15-13-22(14-16-23)12-11-19-5-3-2-4-6-19/h2-10H,11-17H2,1H3. The molecule has 0 aliphatic carbocycles. The van der Waals surface area contributed by atoms with Gasteiger partial charge in [0.2, 0.25) is 5.91 Å². The van der Waals surface area contributed by atoms with E-state index in [1.165, 1.54) is 11.1 Å². The molecular weight excluding hydrogens is 296 g/mol. The maximum atomic E-state index is 12.4. The van der Waals surface area contributed by atoms with Crippen LogP contribution in [0.2, 0.25) is 0 Å². The minimum absolute atomic E-state index is 0.251. The lowest BCUT2D eigenvalue weighted by molar-refractivity contribution is -0.132. The van der Waals surface area contributed by atoms with Gasteiger partial charge < -0.3 is 4.90 Å². The zero-order chi connectivity index (χ0) is 16.8. The highest BCUT2D eigenvalue weighted by Gasteiger charge is 2.20. The molecule has 0 radical (unpaired) electrons. The van der Waals surface area contributed by atoms with E-state index in [0.29, 0.717) is 6.42 Å². The predicted molar refractivity (Wildman–Crippen MR) is 98.0 cm³/mol. The summed E-state index contributed by atoms with van der Waals surface area (Å²) >= 11 is 0. The maximum Gasteiger partial charge on any atom is 0.227 e. The van der Waals surface area contributed by atoms with Gasteiger partial charge >= 0.3 is 0 Å². The summed E-state index contributed by atoms with van der Waals surface area (Å²) in [5.41, 5.74) is 3.73. The van der Waals surface area contributed by atoms with E-state index in [1.807, 2.05) is 4.90 Å². The van der Waals surface area contributed by atoms with Crippen molar-refractivity contribution in [2.24, 2.45) is 0 Å². The van der Waals surface area contributed by atoms with Crippen molar-refractivity contribution in [1.82, 2.24) is 9.80 Å². The smallest absolute Gasteiger partial charge is 0.227 e. The van der Waals surface area contributed by atoms with Gasteiger partial charge in [-0.3, -0.25) is 9.69 Å². The van der Waals surface area contributed by atoms with Crippen LogP contribution in [-0.2, 0) is 17.6 Å². The molecule has 1 aliphatic rings. The maximum absolute atomic E-state index is 12.4. The van der Waals surface area contributed by atoms with Crippen LogP contribution >= 0.6 is 0 Å². The molecule has 3 rings (SSSR count). The Morgan fingerprint density at radius 3 is 2.21 bits per heavy atom. The van der Waals surface area contributed by atoms with Crippen LogP contribution in [0.15, 0.2) is 54.6 Å². The number of carbonyl (C=O) groups excluding carboxylic acids is 1. The second-order valence-corrected chi connectivity index (χ2v) is 6.62. The number of aryl methyl sites for hydroxylation is 1. The minimum atomic E-state index is 0.251. The van der Waals surface area contributed by atoms with Gasteiger partial charge in [-0.2, -0.15) is 0 Å². The third-order valence-corrected chi connectivity index (χ3v) is 4.76. The molecule has 1 saturated heterocycles. The van der Waals surface area contributed by atoms with Crippen LogP contribution in [0.25, 0.3) is 0 Å². The number of rotatable bonds is 5. The SMILES string of the molecule is Cc1ccc(CC(=O)N2CCN(CCc3ccccc3)CC2)cc1. The number of hydrogen-bond acceptors (Lipinski definition) is 2. The summed E-state index contributed by atoms with van der Waals surface area (Å²) in [6, 6.07) is 18.9. The first-order valence-electron chi connectivity index (χ1n) is 8.80. The molecule has 2 aromatic rings. The molecule has 1 fully saturated rings. The number of benzene rings is 2. The first-order valence-corrected chi connectivity index (χ1v) is 8.80. The van der Waals surface area contributed by atoms with Gasteiger partial charge in [0.15, 0.2) is 0 Å². The van der Waals surface area contributed by atoms with E-state index < -0.39 is 0 Å². The van der Waals surface area contributed by atoms with Crippen LogP contribution in [0, 0.1) is 6.92 Å². The molecule has 3 nitrogen and oxygen atoms in total. The van der Waals surface area contributed by atoms with Gasteiger partial charge in [0.1, 0.15) is 0 Å². The summed E-state index contributed by atoms with van der Waals surface area (Å²) in [5.74, 6) is 0.251. The van der Waals surface area contributed by atoms with E-state index >= 15 is 0 Å². The molecule has 126 valence electrons. The second-order valence-electron chi connectivity index (χ2n) is 6.62. The highest BCUT2D eigenvalue weighted by molar-refractivity contribution is 5.78. The fourth-order valence-electron chi connectivity index (χ4n) is 3.15. The fourth-order valence-corrected chi connectivity index (χ4v) is 3.15. The molecule has 0 atom stereocenters. The van der Waals surface area contributed by atoms with Crippen molar-refractivity contribution in [2.45, 2.75) is 19.8 Å². The molecule has 0 unspecified atom stereocenters. The molecule has 24 heavy (non-hydrogen) atoms. The predicted octanol–water partition coefficient (Wildman–Crippen LogP) is 2.92. The van der Waals surface area contributed by atoms with Crippen molar-refractivity contribution in [1.29, 1.82) is 0 Å². The molecule has 0 bridgehead atoms. The third kappa shape index (κ3) is 4.68. The third-order valence-electron chi connectivity index (χ3n) is 4.76. The lowest BCUT2D eigenvalue weighted by Gasteiger charge is -2.34. The Bertz CT molecular complexity index is 643. The molecule has 2 aromatic carbocycles. The van der Waals surface area contributed by atoms with Gasteiger partial charge in [-0.05, 0) is 24.5 Å². The Hall–Kier alpha value is -2.13. The van der Waals surface area contributed by atoms with E-state index in [0.717, 1.165) is 44.7 Å². The van der Waals surface area contributed by atoms with Gasteiger partial charge in [-0.15, -0.1) is 0 Å². The van der Waals surface area contributed by atoms with Gasteiger partial charge in [-0.1, -0.05) is 60.2 Å². The summed E-state index contributed by atoms with van der Waals surface area (Å²) in [6.07, 6.45) is 1.60. The number of amides is 1. The van der Waals surface area contributed by atoms with Crippen LogP contribution in [0.5, 0.6) is 0 Å². The Labute approximate surface area is 144 Å². The van der Waals surface area contributed by atoms with Crippen LogP contribution < -0.4 is 0 Å². The summed E-state index contributed by atoms with van der Waals surface area (Å²) in [6.45, 7) is 6.79. The lowest BCUT2D eigenvalue weighted by Crippen LogP contribution is -2.49. The number of hydrogen-bond donors (Lipinski definition) is 0. The summed E-state index contributed by atoms with van der Waals surface area (Å²) in [7, 11) is 0. The molecule has 0 saturated carbocycles. The first kappa shape index (κ1) is 16.7. The van der Waals surface area contributed by atoms with Crippen LogP contribution in [0.3, 0.4) is 0 Å². The normalized spacial score (nSPS) is 15.5. The number of carbonyl (C=O) groups is 1. The van der Waals surface area contributed by atoms with Crippen LogP contribution in [0.1, 0.15) is 16.7 Å².